The van der Waals surface area contributed by atoms with Crippen LogP contribution in [-0.4, -0.2) is 5.11 Å². The van der Waals surface area contributed by atoms with Gasteiger partial charge in [-0.15, -0.1) is 0 Å². The van der Waals surface area contributed by atoms with Gasteiger partial charge >= 0.3 is 0 Å². The van der Waals surface area contributed by atoms with Gasteiger partial charge in [0.05, 0.1) is 0 Å². The molecule has 2 rings (SSSR count). The minimum absolute atomic E-state index is 0.200. The minimum Gasteiger partial charge on any atom is -0.508 e. The molecule has 19 heavy (non-hydrogen) atoms. The van der Waals surface area contributed by atoms with E-state index < -0.39 is 0 Å². The molecule has 0 amide bonds. The first-order chi connectivity index (χ1) is 9.06. The van der Waals surface area contributed by atoms with E-state index in [1.165, 1.54) is 12.1 Å². The molecule has 4 heteroatoms. The Bertz CT molecular complexity index is 553. The molecule has 0 radical (unpaired) electrons. The van der Waals surface area contributed by atoms with Crippen LogP contribution in [0.25, 0.3) is 0 Å². The van der Waals surface area contributed by atoms with Crippen molar-refractivity contribution in [2.75, 3.05) is 0 Å². The number of ether oxygens (including phenoxy) is 1. The second kappa shape index (κ2) is 5.71. The van der Waals surface area contributed by atoms with Gasteiger partial charge in [-0.2, -0.15) is 0 Å². The summed E-state index contributed by atoms with van der Waals surface area (Å²) < 4.78 is 18.8. The minimum atomic E-state index is -0.356. The van der Waals surface area contributed by atoms with E-state index in [0.717, 1.165) is 11.1 Å². The van der Waals surface area contributed by atoms with Gasteiger partial charge < -0.3 is 15.6 Å². The van der Waals surface area contributed by atoms with Gasteiger partial charge in [-0.25, -0.2) is 4.39 Å². The first-order valence-corrected chi connectivity index (χ1v) is 6.02. The summed E-state index contributed by atoms with van der Waals surface area (Å²) in [7, 11) is 0. The number of nitrogens with two attached hydrogens (primary N) is 1. The molecule has 0 spiro atoms. The maximum absolute atomic E-state index is 13.2. The van der Waals surface area contributed by atoms with Gasteiger partial charge in [0.15, 0.2) is 0 Å². The summed E-state index contributed by atoms with van der Waals surface area (Å²) in [6, 6.07) is 10.8. The predicted octanol–water partition coefficient (Wildman–Crippen LogP) is 3.13. The zero-order chi connectivity index (χ0) is 13.8. The lowest BCUT2D eigenvalue weighted by molar-refractivity contribution is 0.299. The van der Waals surface area contributed by atoms with E-state index >= 15 is 0 Å². The van der Waals surface area contributed by atoms with E-state index in [4.69, 9.17) is 10.5 Å². The molecule has 1 atom stereocenters. The van der Waals surface area contributed by atoms with Gasteiger partial charge in [0.25, 0.3) is 0 Å². The molecule has 0 saturated carbocycles. The number of hydrogen-bond donors (Lipinski definition) is 2. The molecule has 2 aromatic rings. The maximum Gasteiger partial charge on any atom is 0.127 e. The Morgan fingerprint density at radius 2 is 1.89 bits per heavy atom. The SMILES string of the molecule is C[C@H](N)c1ccc(F)cc1OCc1ccc(O)cc1. The average molecular weight is 261 g/mol. The van der Waals surface area contributed by atoms with Crippen LogP contribution in [0.2, 0.25) is 0 Å². The Kier molecular flexibility index (Phi) is 4.02. The standard InChI is InChI=1S/C15H16FNO2/c1-10(17)14-7-4-12(16)8-15(14)19-9-11-2-5-13(18)6-3-11/h2-8,10,18H,9,17H2,1H3/t10-/m0/s1. The molecule has 0 aliphatic rings. The molecule has 0 unspecified atom stereocenters. The monoisotopic (exact) mass is 261 g/mol. The molecule has 0 aliphatic heterocycles. The number of halogens is 1. The third-order valence-corrected chi connectivity index (χ3v) is 2.80. The molecule has 0 fully saturated rings. The van der Waals surface area contributed by atoms with Crippen LogP contribution in [0.5, 0.6) is 11.5 Å². The zero-order valence-electron chi connectivity index (χ0n) is 10.6. The number of phenolic OH excluding ortho intramolecular Hbond substituents is 1. The highest BCUT2D eigenvalue weighted by Gasteiger charge is 2.09. The van der Waals surface area contributed by atoms with Crippen molar-refractivity contribution in [2.45, 2.75) is 19.6 Å². The highest BCUT2D eigenvalue weighted by Crippen LogP contribution is 2.25. The predicted molar refractivity (Wildman–Crippen MR) is 71.4 cm³/mol. The van der Waals surface area contributed by atoms with E-state index in [1.807, 2.05) is 6.92 Å². The molecule has 2 aromatic carbocycles. The van der Waals surface area contributed by atoms with Crippen LogP contribution < -0.4 is 10.5 Å². The van der Waals surface area contributed by atoms with E-state index in [2.05, 4.69) is 0 Å². The van der Waals surface area contributed by atoms with Gasteiger partial charge in [-0.1, -0.05) is 18.2 Å². The van der Waals surface area contributed by atoms with E-state index in [1.54, 1.807) is 30.3 Å². The fourth-order valence-electron chi connectivity index (χ4n) is 1.76. The van der Waals surface area contributed by atoms with Crippen molar-refractivity contribution in [1.82, 2.24) is 0 Å². The molecule has 3 nitrogen and oxygen atoms in total. The molecule has 0 aromatic heterocycles. The summed E-state index contributed by atoms with van der Waals surface area (Å²) >= 11 is 0. The number of rotatable bonds is 4. The van der Waals surface area contributed by atoms with Crippen molar-refractivity contribution in [2.24, 2.45) is 5.73 Å². The van der Waals surface area contributed by atoms with Crippen molar-refractivity contribution >= 4 is 0 Å². The lowest BCUT2D eigenvalue weighted by Gasteiger charge is -2.14. The second-order valence-corrected chi connectivity index (χ2v) is 4.43. The molecular formula is C15H16FNO2. The molecule has 0 bridgehead atoms. The topological polar surface area (TPSA) is 55.5 Å². The number of benzene rings is 2. The van der Waals surface area contributed by atoms with Crippen LogP contribution in [0.3, 0.4) is 0 Å². The van der Waals surface area contributed by atoms with E-state index in [0.29, 0.717) is 12.4 Å². The van der Waals surface area contributed by atoms with Gasteiger partial charge in [0.2, 0.25) is 0 Å². The smallest absolute Gasteiger partial charge is 0.127 e. The maximum atomic E-state index is 13.2. The summed E-state index contributed by atoms with van der Waals surface area (Å²) in [6.45, 7) is 2.12. The van der Waals surface area contributed by atoms with Crippen LogP contribution in [0.4, 0.5) is 4.39 Å². The molecule has 100 valence electrons. The summed E-state index contributed by atoms with van der Waals surface area (Å²) in [5, 5.41) is 9.19. The summed E-state index contributed by atoms with van der Waals surface area (Å²) in [5.41, 5.74) is 7.47. The Morgan fingerprint density at radius 3 is 2.53 bits per heavy atom. The van der Waals surface area contributed by atoms with Crippen molar-refractivity contribution in [1.29, 1.82) is 0 Å². The van der Waals surface area contributed by atoms with E-state index in [9.17, 15) is 9.50 Å². The fourth-order valence-corrected chi connectivity index (χ4v) is 1.76. The van der Waals surface area contributed by atoms with Crippen LogP contribution in [-0.2, 0) is 6.61 Å². The van der Waals surface area contributed by atoms with Crippen LogP contribution >= 0.6 is 0 Å². The van der Waals surface area contributed by atoms with Gasteiger partial charge in [0, 0.05) is 17.7 Å². The lowest BCUT2D eigenvalue weighted by Crippen LogP contribution is -2.08. The molecule has 0 heterocycles. The Balaban J connectivity index is 2.14. The lowest BCUT2D eigenvalue weighted by atomic mass is 10.1. The van der Waals surface area contributed by atoms with Crippen molar-refractivity contribution < 1.29 is 14.2 Å². The number of aromatic hydroxyl groups is 1. The van der Waals surface area contributed by atoms with Crippen LogP contribution in [0.15, 0.2) is 42.5 Å². The number of phenols is 1. The van der Waals surface area contributed by atoms with Gasteiger partial charge in [-0.3, -0.25) is 0 Å². The van der Waals surface area contributed by atoms with Crippen molar-refractivity contribution in [3.8, 4) is 11.5 Å². The Labute approximate surface area is 111 Å². The quantitative estimate of drug-likeness (QED) is 0.889. The van der Waals surface area contributed by atoms with Crippen LogP contribution in [0, 0.1) is 5.82 Å². The second-order valence-electron chi connectivity index (χ2n) is 4.43. The molecule has 0 aliphatic carbocycles. The summed E-state index contributed by atoms with van der Waals surface area (Å²) in [6.07, 6.45) is 0. The number of hydrogen-bond acceptors (Lipinski definition) is 3. The third-order valence-electron chi connectivity index (χ3n) is 2.80. The average Bonchev–Trinajstić information content (AvgIpc) is 2.38. The Hall–Kier alpha value is -2.07. The third kappa shape index (κ3) is 3.45. The molecule has 3 N–H and O–H groups in total. The van der Waals surface area contributed by atoms with Gasteiger partial charge in [-0.05, 0) is 30.7 Å². The summed E-state index contributed by atoms with van der Waals surface area (Å²) in [4.78, 5) is 0. The van der Waals surface area contributed by atoms with Gasteiger partial charge in [0.1, 0.15) is 23.9 Å². The largest absolute Gasteiger partial charge is 0.508 e. The van der Waals surface area contributed by atoms with Crippen molar-refractivity contribution in [3.63, 3.8) is 0 Å². The van der Waals surface area contributed by atoms with Crippen molar-refractivity contribution in [3.05, 3.63) is 59.4 Å². The highest BCUT2D eigenvalue weighted by atomic mass is 19.1. The molecule has 0 saturated heterocycles. The summed E-state index contributed by atoms with van der Waals surface area (Å²) in [5.74, 6) is 0.291. The van der Waals surface area contributed by atoms with E-state index in [-0.39, 0.29) is 17.6 Å². The van der Waals surface area contributed by atoms with Crippen LogP contribution in [0.1, 0.15) is 24.1 Å². The fraction of sp³-hybridized carbons (Fsp3) is 0.200. The zero-order valence-corrected chi connectivity index (χ0v) is 10.6. The normalized spacial score (nSPS) is 12.2. The Morgan fingerprint density at radius 1 is 1.21 bits per heavy atom. The first kappa shape index (κ1) is 13.4. The molecular weight excluding hydrogens is 245 g/mol. The highest BCUT2D eigenvalue weighted by molar-refractivity contribution is 5.36. The first-order valence-electron chi connectivity index (χ1n) is 6.02.